The molecule has 0 aliphatic carbocycles. The van der Waals surface area contributed by atoms with Crippen molar-refractivity contribution >= 4 is 50.7 Å². The summed E-state index contributed by atoms with van der Waals surface area (Å²) in [6, 6.07) is 0. The minimum atomic E-state index is -2.45. The summed E-state index contributed by atoms with van der Waals surface area (Å²) in [7, 11) is 0.548. The SMILES string of the molecule is C=C1C[C@@H]2C[C@@H]3C[C@@H](O[Si](C)(C)C(C)(C)C)C[C@@H](O3)c3coc(n3)/C=C/C[C@H]3O[C@@H](/C(C)=C/c4coc(C[C@]5(OC)C[C@H](OC)C[C@H]([C@@H](/C=C(C)/C=C/[C@@H](CC#CBr)OC)O[Si](C(C)C)(C(C)C)C(C)C)O5)n4)[C@H](C)[C@@H](OC(=O)/C=C\C[C@@H](C1)O2)[C@H]3C. The summed E-state index contributed by atoms with van der Waals surface area (Å²) in [5, 5.41) is 0.0526. The Labute approximate surface area is 532 Å². The zero-order valence-electron chi connectivity index (χ0n) is 55.7. The van der Waals surface area contributed by atoms with E-state index in [0.717, 1.165) is 41.7 Å². The quantitative estimate of drug-likeness (QED) is 0.0429. The minimum absolute atomic E-state index is 0.00412. The van der Waals surface area contributed by atoms with Crippen molar-refractivity contribution < 1.29 is 60.4 Å². The summed E-state index contributed by atoms with van der Waals surface area (Å²) >= 11 is 3.21. The normalized spacial score (nSPS) is 31.7. The summed E-state index contributed by atoms with van der Waals surface area (Å²) in [4.78, 5) is 26.7. The van der Waals surface area contributed by atoms with Gasteiger partial charge >= 0.3 is 5.97 Å². The van der Waals surface area contributed by atoms with Gasteiger partial charge in [0.25, 0.3) is 0 Å². The highest BCUT2D eigenvalue weighted by Crippen LogP contribution is 2.47. The van der Waals surface area contributed by atoms with Crippen LogP contribution in [0.4, 0.5) is 0 Å². The molecule has 0 aromatic carbocycles. The number of halogens is 1. The van der Waals surface area contributed by atoms with E-state index in [1.54, 1.807) is 39.9 Å². The summed E-state index contributed by atoms with van der Waals surface area (Å²) < 4.78 is 79.8. The molecule has 484 valence electrons. The maximum Gasteiger partial charge on any atom is 0.330 e. The number of oxazole rings is 2. The Morgan fingerprint density at radius 2 is 1.59 bits per heavy atom. The molecule has 0 radical (unpaired) electrons. The summed E-state index contributed by atoms with van der Waals surface area (Å²) in [6.07, 6.45) is 22.4. The number of hydrogen-bond acceptors (Lipinski definition) is 15. The van der Waals surface area contributed by atoms with Crippen LogP contribution in [0.3, 0.4) is 0 Å². The Morgan fingerprint density at radius 3 is 2.25 bits per heavy atom. The maximum absolute atomic E-state index is 13.9. The van der Waals surface area contributed by atoms with E-state index in [4.69, 9.17) is 65.5 Å². The van der Waals surface area contributed by atoms with Crippen LogP contribution in [0.2, 0.25) is 34.8 Å². The lowest BCUT2D eigenvalue weighted by Gasteiger charge is -2.49. The molecular weight excluding hydrogens is 1200 g/mol. The number of carbonyl (C=O) groups is 1. The van der Waals surface area contributed by atoms with Gasteiger partial charge in [-0.3, -0.25) is 0 Å². The van der Waals surface area contributed by atoms with Crippen molar-refractivity contribution in [2.75, 3.05) is 21.3 Å². The van der Waals surface area contributed by atoms with E-state index in [-0.39, 0.29) is 72.1 Å². The van der Waals surface area contributed by atoms with Crippen molar-refractivity contribution in [3.63, 3.8) is 0 Å². The van der Waals surface area contributed by atoms with Crippen molar-refractivity contribution in [1.82, 2.24) is 9.97 Å². The minimum Gasteiger partial charge on any atom is -0.458 e. The third-order valence-corrected chi connectivity index (χ3v) is 30.3. The molecule has 87 heavy (non-hydrogen) atoms. The number of esters is 1. The maximum atomic E-state index is 13.9. The van der Waals surface area contributed by atoms with Gasteiger partial charge in [-0.25, -0.2) is 14.8 Å². The first-order chi connectivity index (χ1) is 41.1. The van der Waals surface area contributed by atoms with Crippen molar-refractivity contribution in [3.05, 3.63) is 95.4 Å². The number of allylic oxidation sites excluding steroid dienone is 2. The predicted octanol–water partition coefficient (Wildman–Crippen LogP) is 16.1. The summed E-state index contributed by atoms with van der Waals surface area (Å²) in [5.74, 6) is 2.04. The Bertz CT molecular complexity index is 2780. The van der Waals surface area contributed by atoms with Crippen LogP contribution in [0.5, 0.6) is 0 Å². The fourth-order valence-electron chi connectivity index (χ4n) is 13.9. The van der Waals surface area contributed by atoms with E-state index in [1.807, 2.05) is 37.3 Å². The molecule has 0 unspecified atom stereocenters. The first-order valence-corrected chi connectivity index (χ1v) is 37.8. The molecule has 15 atom stereocenters. The number of aromatic nitrogens is 2. The molecule has 2 aromatic rings. The van der Waals surface area contributed by atoms with E-state index in [0.29, 0.717) is 79.0 Å². The highest BCUT2D eigenvalue weighted by molar-refractivity contribution is 9.12. The Morgan fingerprint density at radius 1 is 0.874 bits per heavy atom. The van der Waals surface area contributed by atoms with Gasteiger partial charge in [0.2, 0.25) is 14.2 Å². The second-order valence-corrected chi connectivity index (χ2v) is 38.4. The van der Waals surface area contributed by atoms with Crippen LogP contribution < -0.4 is 0 Å². The van der Waals surface area contributed by atoms with E-state index in [1.165, 1.54) is 0 Å². The van der Waals surface area contributed by atoms with Gasteiger partial charge in [0.05, 0.1) is 67.5 Å². The molecule has 15 nitrogen and oxygen atoms in total. The van der Waals surface area contributed by atoms with Crippen LogP contribution in [0.25, 0.3) is 12.2 Å². The zero-order chi connectivity index (χ0) is 63.6. The van der Waals surface area contributed by atoms with Crippen molar-refractivity contribution in [2.24, 2.45) is 11.8 Å². The lowest BCUT2D eigenvalue weighted by Crippen LogP contribution is -2.57. The molecule has 0 spiro atoms. The molecular formula is C69H105BrN2O13Si2. The third kappa shape index (κ3) is 18.4. The van der Waals surface area contributed by atoms with E-state index < -0.39 is 52.8 Å². The fraction of sp³-hybridized carbons (Fsp3) is 0.696. The number of hydrogen-bond donors (Lipinski definition) is 0. The average molecular weight is 1310 g/mol. The van der Waals surface area contributed by atoms with Crippen LogP contribution >= 0.6 is 15.9 Å². The van der Waals surface area contributed by atoms with Crippen molar-refractivity contribution in [3.8, 4) is 10.8 Å². The largest absolute Gasteiger partial charge is 0.458 e. The Balaban J connectivity index is 1.14. The van der Waals surface area contributed by atoms with E-state index in [2.05, 4.69) is 142 Å². The lowest BCUT2D eigenvalue weighted by atomic mass is 9.79. The fourth-order valence-corrected chi connectivity index (χ4v) is 20.9. The van der Waals surface area contributed by atoms with Crippen LogP contribution in [0.15, 0.2) is 81.1 Å². The smallest absolute Gasteiger partial charge is 0.330 e. The van der Waals surface area contributed by atoms with E-state index >= 15 is 0 Å². The second kappa shape index (κ2) is 31.2. The highest BCUT2D eigenvalue weighted by Gasteiger charge is 2.52. The first kappa shape index (κ1) is 70.9. The van der Waals surface area contributed by atoms with Gasteiger partial charge in [-0.2, -0.15) is 0 Å². The molecule has 4 saturated heterocycles. The number of carbonyl (C=O) groups excluding carboxylic acids is 1. The number of methoxy groups -OCH3 is 3. The molecule has 0 saturated carbocycles. The van der Waals surface area contributed by atoms with Crippen LogP contribution in [0, 0.1) is 22.6 Å². The molecule has 2 aromatic heterocycles. The van der Waals surface area contributed by atoms with Gasteiger partial charge < -0.3 is 55.6 Å². The average Bonchev–Trinajstić information content (AvgIpc) is 2.23. The van der Waals surface area contributed by atoms with Gasteiger partial charge in [-0.15, -0.1) is 0 Å². The topological polar surface area (TPSA) is 161 Å². The molecule has 7 heterocycles. The molecule has 0 amide bonds. The number of nitrogens with zero attached hydrogens (tertiary/aromatic N) is 2. The molecule has 18 heteroatoms. The number of rotatable bonds is 19. The lowest BCUT2D eigenvalue weighted by molar-refractivity contribution is -0.297. The van der Waals surface area contributed by atoms with Crippen LogP contribution in [0.1, 0.15) is 183 Å². The summed E-state index contributed by atoms with van der Waals surface area (Å²) in [5.41, 5.74) is 5.41. The second-order valence-electron chi connectivity index (χ2n) is 27.8. The van der Waals surface area contributed by atoms with E-state index in [9.17, 15) is 4.79 Å². The molecule has 4 fully saturated rings. The van der Waals surface area contributed by atoms with Crippen molar-refractivity contribution in [2.45, 2.75) is 274 Å². The van der Waals surface area contributed by atoms with Gasteiger partial charge in [0, 0.05) is 87.3 Å². The standard InChI is InChI=1S/C69H105BrN2O13Si2/c1-43(2)87(44(3)4,45(5)6)85-62(33-46(7)28-29-52(74-15)24-22-30-70)61-38-57(75-16)39-69(76-17,83-61)40-64-71-51(41-77-64)34-48(9)66-50(11)67-49(10)59(81-66)25-21-26-63-72-58(42-78-63)60-37-56(84-86(18,19)68(12,13)14)36-55(80-60)35-54-32-47(8)31-53(79-54)23-20-27-65(73)82-67/h20-21,26-29,33-34,41-45,49-50,52-57,59-62,66-67H,8,23-25,31-32,35-40H2,1-7,9-19H3/b26-21+,27-20-,29-28+,46-33+,48-34+/t49-,50-,52+,53-,54+,55+,56+,57+,59+,60+,61+,62+,66-,67-,69-/m0/s1. The monoisotopic (exact) mass is 1300 g/mol. The van der Waals surface area contributed by atoms with Gasteiger partial charge in [-0.1, -0.05) is 130 Å². The zero-order valence-corrected chi connectivity index (χ0v) is 59.2. The molecule has 0 N–H and O–H groups in total. The number of fused-ring (bicyclic) bond motifs is 9. The first-order valence-electron chi connectivity index (χ1n) is 32.0. The summed E-state index contributed by atoms with van der Waals surface area (Å²) in [6.45, 7) is 37.9. The van der Waals surface area contributed by atoms with Crippen molar-refractivity contribution in [1.29, 1.82) is 0 Å². The molecule has 5 aliphatic heterocycles. The Hall–Kier alpha value is -3.56. The van der Waals surface area contributed by atoms with Crippen LogP contribution in [-0.4, -0.2) is 127 Å². The predicted molar refractivity (Wildman–Crippen MR) is 351 cm³/mol. The number of ether oxygens (including phenoxy) is 8. The third-order valence-electron chi connectivity index (χ3n) is 19.4. The van der Waals surface area contributed by atoms with Gasteiger partial charge in [0.15, 0.2) is 20.0 Å². The molecule has 8 bridgehead atoms. The van der Waals surface area contributed by atoms with Gasteiger partial charge in [0.1, 0.15) is 36.1 Å². The highest BCUT2D eigenvalue weighted by atomic mass is 79.9. The van der Waals surface area contributed by atoms with Gasteiger partial charge in [-0.05, 0) is 103 Å². The van der Waals surface area contributed by atoms with Crippen LogP contribution in [-0.2, 0) is 58.0 Å². The Kier molecular flexibility index (Phi) is 25.4. The molecule has 7 rings (SSSR count). The molecule has 5 aliphatic rings.